The summed E-state index contributed by atoms with van der Waals surface area (Å²) in [4.78, 5) is 2.45. The number of ether oxygens (including phenoxy) is 1. The van der Waals surface area contributed by atoms with Gasteiger partial charge in [-0.2, -0.15) is 0 Å². The van der Waals surface area contributed by atoms with E-state index in [1.807, 2.05) is 7.11 Å². The number of nitrogens with zero attached hydrogens (tertiary/aromatic N) is 1. The number of hydrogen-bond acceptors (Lipinski definition) is 3. The monoisotopic (exact) mass is 430 g/mol. The largest absolute Gasteiger partial charge is 0.381 e. The topological polar surface area (TPSA) is 24.5 Å². The standard InChI is InChI=1S/C28H50N2O/c1-18(30(7)8)23-19(31-9)16-26(5)21-11-10-20-24(2,3)22(29-6)12-13-27(20)17-28(21,27)15-14-25(23,26)4/h18-23,29H,10-17H2,1-9H3/t18-,19+,20-,21-,22-,23?,25+,26-,27+,28-/m0/s1. The molecule has 31 heavy (non-hydrogen) atoms. The van der Waals surface area contributed by atoms with Crippen LogP contribution in [0.5, 0.6) is 0 Å². The molecule has 1 unspecified atom stereocenters. The van der Waals surface area contributed by atoms with Crippen molar-refractivity contribution in [2.75, 3.05) is 28.3 Å². The van der Waals surface area contributed by atoms with Gasteiger partial charge >= 0.3 is 0 Å². The number of fused-ring (bicyclic) bond motifs is 2. The molecule has 3 heteroatoms. The van der Waals surface area contributed by atoms with Crippen molar-refractivity contribution >= 4 is 0 Å². The van der Waals surface area contributed by atoms with E-state index in [9.17, 15) is 0 Å². The van der Waals surface area contributed by atoms with Gasteiger partial charge in [-0.3, -0.25) is 0 Å². The van der Waals surface area contributed by atoms with Crippen molar-refractivity contribution in [3.63, 3.8) is 0 Å². The number of hydrogen-bond donors (Lipinski definition) is 1. The Morgan fingerprint density at radius 3 is 2.16 bits per heavy atom. The highest BCUT2D eigenvalue weighted by atomic mass is 16.5. The second kappa shape index (κ2) is 6.72. The molecule has 3 nitrogen and oxygen atoms in total. The highest BCUT2D eigenvalue weighted by Crippen LogP contribution is 2.89. The lowest BCUT2D eigenvalue weighted by atomic mass is 9.42. The summed E-state index contributed by atoms with van der Waals surface area (Å²) in [6.07, 6.45) is 11.9. The fourth-order valence-corrected chi connectivity index (χ4v) is 11.4. The summed E-state index contributed by atoms with van der Waals surface area (Å²) in [6.45, 7) is 13.0. The van der Waals surface area contributed by atoms with Gasteiger partial charge in [0, 0.05) is 25.1 Å². The predicted octanol–water partition coefficient (Wildman–Crippen LogP) is 5.59. The molecule has 0 heterocycles. The summed E-state index contributed by atoms with van der Waals surface area (Å²) in [5.74, 6) is 2.44. The van der Waals surface area contributed by atoms with Gasteiger partial charge in [-0.15, -0.1) is 0 Å². The third-order valence-electron chi connectivity index (χ3n) is 13.2. The average molecular weight is 431 g/mol. The van der Waals surface area contributed by atoms with Crippen LogP contribution in [0.15, 0.2) is 0 Å². The first kappa shape index (κ1) is 22.7. The maximum atomic E-state index is 6.28. The zero-order valence-corrected chi connectivity index (χ0v) is 22.0. The van der Waals surface area contributed by atoms with Crippen LogP contribution in [0.25, 0.3) is 0 Å². The van der Waals surface area contributed by atoms with Crippen LogP contribution < -0.4 is 5.32 Å². The molecule has 5 aliphatic rings. The quantitative estimate of drug-likeness (QED) is 0.629. The lowest BCUT2D eigenvalue weighted by molar-refractivity contribution is -0.146. The molecule has 0 aromatic heterocycles. The molecular weight excluding hydrogens is 380 g/mol. The van der Waals surface area contributed by atoms with E-state index in [0.29, 0.717) is 51.2 Å². The van der Waals surface area contributed by atoms with Crippen molar-refractivity contribution in [1.29, 1.82) is 0 Å². The Bertz CT molecular complexity index is 735. The van der Waals surface area contributed by atoms with Crippen LogP contribution in [0.3, 0.4) is 0 Å². The van der Waals surface area contributed by atoms with Crippen molar-refractivity contribution < 1.29 is 4.74 Å². The third-order valence-corrected chi connectivity index (χ3v) is 13.2. The normalized spacial score (nSPS) is 55.7. The summed E-state index contributed by atoms with van der Waals surface area (Å²) in [5.41, 5.74) is 2.51. The van der Waals surface area contributed by atoms with Crippen LogP contribution >= 0.6 is 0 Å². The predicted molar refractivity (Wildman–Crippen MR) is 129 cm³/mol. The molecule has 1 N–H and O–H groups in total. The highest BCUT2D eigenvalue weighted by molar-refractivity contribution is 5.31. The van der Waals surface area contributed by atoms with Gasteiger partial charge < -0.3 is 15.0 Å². The van der Waals surface area contributed by atoms with Crippen LogP contribution in [-0.4, -0.2) is 51.3 Å². The van der Waals surface area contributed by atoms with E-state index in [1.54, 1.807) is 0 Å². The van der Waals surface area contributed by atoms with Gasteiger partial charge in [0.15, 0.2) is 0 Å². The minimum absolute atomic E-state index is 0.390. The first-order chi connectivity index (χ1) is 14.4. The summed E-state index contributed by atoms with van der Waals surface area (Å²) in [5, 5.41) is 3.70. The molecule has 10 atom stereocenters. The van der Waals surface area contributed by atoms with Crippen LogP contribution in [-0.2, 0) is 4.74 Å². The number of nitrogens with one attached hydrogen (secondary N) is 1. The molecule has 0 aliphatic heterocycles. The summed E-state index contributed by atoms with van der Waals surface area (Å²) in [7, 11) is 8.71. The SMILES string of the molecule is CN[C@H]1CC[C@]23C[C@]24CC[C@]2(C)C([C@H](C)N(C)C)[C@H](OC)C[C@@]2(C)[C@@H]4CC[C@H]3C1(C)C. The number of rotatable bonds is 4. The minimum atomic E-state index is 0.390. The van der Waals surface area contributed by atoms with Gasteiger partial charge in [0.25, 0.3) is 0 Å². The Balaban J connectivity index is 1.52. The van der Waals surface area contributed by atoms with Crippen molar-refractivity contribution in [3.05, 3.63) is 0 Å². The molecule has 0 radical (unpaired) electrons. The Hall–Kier alpha value is -0.120. The first-order valence-electron chi connectivity index (χ1n) is 13.3. The van der Waals surface area contributed by atoms with E-state index >= 15 is 0 Å². The van der Waals surface area contributed by atoms with Crippen molar-refractivity contribution in [2.45, 2.75) is 104 Å². The summed E-state index contributed by atoms with van der Waals surface area (Å²) in [6, 6.07) is 1.26. The van der Waals surface area contributed by atoms with E-state index in [0.717, 1.165) is 11.8 Å². The zero-order valence-electron chi connectivity index (χ0n) is 22.0. The Labute approximate surface area is 192 Å². The fraction of sp³-hybridized carbons (Fsp3) is 1.00. The van der Waals surface area contributed by atoms with Crippen LogP contribution in [0, 0.1) is 44.8 Å². The van der Waals surface area contributed by atoms with Gasteiger partial charge in [0.2, 0.25) is 0 Å². The van der Waals surface area contributed by atoms with Crippen molar-refractivity contribution in [3.8, 4) is 0 Å². The second-order valence-corrected chi connectivity index (χ2v) is 13.9. The maximum absolute atomic E-state index is 6.28. The van der Waals surface area contributed by atoms with Crippen molar-refractivity contribution in [2.24, 2.45) is 44.8 Å². The number of methoxy groups -OCH3 is 1. The smallest absolute Gasteiger partial charge is 0.0625 e. The molecule has 5 rings (SSSR count). The minimum Gasteiger partial charge on any atom is -0.381 e. The van der Waals surface area contributed by atoms with Gasteiger partial charge in [-0.1, -0.05) is 27.7 Å². The molecule has 5 saturated carbocycles. The fourth-order valence-electron chi connectivity index (χ4n) is 11.4. The van der Waals surface area contributed by atoms with Gasteiger partial charge in [0.05, 0.1) is 6.10 Å². The zero-order chi connectivity index (χ0) is 22.6. The highest BCUT2D eigenvalue weighted by Gasteiger charge is 2.82. The van der Waals surface area contributed by atoms with Crippen molar-refractivity contribution in [1.82, 2.24) is 10.2 Å². The maximum Gasteiger partial charge on any atom is 0.0625 e. The lowest BCUT2D eigenvalue weighted by Crippen LogP contribution is -2.59. The lowest BCUT2D eigenvalue weighted by Gasteiger charge is -2.63. The molecule has 0 bridgehead atoms. The molecule has 5 aliphatic carbocycles. The van der Waals surface area contributed by atoms with Gasteiger partial charge in [-0.05, 0) is 118 Å². The van der Waals surface area contributed by atoms with Crippen LogP contribution in [0.1, 0.15) is 86.0 Å². The van der Waals surface area contributed by atoms with Crippen LogP contribution in [0.2, 0.25) is 0 Å². The molecular formula is C28H50N2O. The summed E-state index contributed by atoms with van der Waals surface area (Å²) >= 11 is 0. The second-order valence-electron chi connectivity index (χ2n) is 13.9. The van der Waals surface area contributed by atoms with E-state index in [2.05, 4.69) is 66.0 Å². The molecule has 0 aromatic rings. The third kappa shape index (κ3) is 2.47. The Morgan fingerprint density at radius 1 is 0.903 bits per heavy atom. The van der Waals surface area contributed by atoms with E-state index in [4.69, 9.17) is 4.74 Å². The van der Waals surface area contributed by atoms with E-state index < -0.39 is 0 Å². The molecule has 0 aromatic carbocycles. The van der Waals surface area contributed by atoms with E-state index in [-0.39, 0.29) is 0 Å². The molecule has 178 valence electrons. The van der Waals surface area contributed by atoms with Gasteiger partial charge in [0.1, 0.15) is 0 Å². The molecule has 0 saturated heterocycles. The van der Waals surface area contributed by atoms with E-state index in [1.165, 1.54) is 51.4 Å². The van der Waals surface area contributed by atoms with Gasteiger partial charge in [-0.25, -0.2) is 0 Å². The molecule has 0 amide bonds. The summed E-state index contributed by atoms with van der Waals surface area (Å²) < 4.78 is 6.28. The molecule has 2 spiro atoms. The Kier molecular flexibility index (Phi) is 4.92. The first-order valence-corrected chi connectivity index (χ1v) is 13.3. The average Bonchev–Trinajstić information content (AvgIpc) is 3.31. The van der Waals surface area contributed by atoms with Crippen LogP contribution in [0.4, 0.5) is 0 Å². The molecule has 5 fully saturated rings. The Morgan fingerprint density at radius 2 is 1.55 bits per heavy atom.